The van der Waals surface area contributed by atoms with Crippen LogP contribution in [0.5, 0.6) is 0 Å². The maximum atomic E-state index is 13.2. The molecule has 0 unspecified atom stereocenters. The first-order valence-corrected chi connectivity index (χ1v) is 13.9. The van der Waals surface area contributed by atoms with Gasteiger partial charge in [-0.1, -0.05) is 45.8 Å². The topological polar surface area (TPSA) is 86.8 Å². The van der Waals surface area contributed by atoms with Gasteiger partial charge in [0.05, 0.1) is 11.9 Å². The summed E-state index contributed by atoms with van der Waals surface area (Å²) in [4.78, 5) is 27.5. The number of sulfonamides is 1. The quantitative estimate of drug-likeness (QED) is 0.452. The highest BCUT2D eigenvalue weighted by Crippen LogP contribution is 2.20. The zero-order valence-corrected chi connectivity index (χ0v) is 22.8. The van der Waals surface area contributed by atoms with Gasteiger partial charge in [-0.2, -0.15) is 0 Å². The summed E-state index contributed by atoms with van der Waals surface area (Å²) in [5.74, 6) is -0.431. The second-order valence-electron chi connectivity index (χ2n) is 8.77. The van der Waals surface area contributed by atoms with E-state index in [4.69, 9.17) is 0 Å². The van der Waals surface area contributed by atoms with Gasteiger partial charge < -0.3 is 10.2 Å². The van der Waals surface area contributed by atoms with E-state index in [1.165, 1.54) is 4.31 Å². The van der Waals surface area contributed by atoms with Gasteiger partial charge >= 0.3 is 0 Å². The van der Waals surface area contributed by atoms with Crippen molar-refractivity contribution in [2.45, 2.75) is 59.2 Å². The summed E-state index contributed by atoms with van der Waals surface area (Å²) in [7, 11) is -3.51. The number of carbonyl (C=O) groups is 2. The third-order valence-electron chi connectivity index (χ3n) is 5.31. The molecule has 186 valence electrons. The number of nitrogens with one attached hydrogen (secondary N) is 1. The predicted molar refractivity (Wildman–Crippen MR) is 140 cm³/mol. The Morgan fingerprint density at radius 2 is 1.71 bits per heavy atom. The SMILES string of the molecule is Cc1ccc(N(CCCC(=O)N(Cc2cccc(Br)c2)[C@H](C)C(=O)NC(C)C)S(C)(=O)=O)cc1. The fourth-order valence-electron chi connectivity index (χ4n) is 3.53. The van der Waals surface area contributed by atoms with Gasteiger partial charge in [-0.3, -0.25) is 13.9 Å². The molecule has 2 aromatic rings. The van der Waals surface area contributed by atoms with Gasteiger partial charge in [0.15, 0.2) is 0 Å². The number of anilines is 1. The molecule has 0 aliphatic carbocycles. The summed E-state index contributed by atoms with van der Waals surface area (Å²) in [6.45, 7) is 7.84. The van der Waals surface area contributed by atoms with Crippen molar-refractivity contribution in [3.63, 3.8) is 0 Å². The average molecular weight is 553 g/mol. The number of nitrogens with zero attached hydrogens (tertiary/aromatic N) is 2. The fraction of sp³-hybridized carbons (Fsp3) is 0.440. The number of carbonyl (C=O) groups excluding carboxylic acids is 2. The molecular formula is C25H34BrN3O4S. The van der Waals surface area contributed by atoms with Crippen LogP contribution in [0, 0.1) is 6.92 Å². The summed E-state index contributed by atoms with van der Waals surface area (Å²) in [5, 5.41) is 2.87. The summed E-state index contributed by atoms with van der Waals surface area (Å²) in [6, 6.07) is 14.1. The van der Waals surface area contributed by atoms with Crippen molar-refractivity contribution in [1.29, 1.82) is 0 Å². The Morgan fingerprint density at radius 1 is 1.06 bits per heavy atom. The monoisotopic (exact) mass is 551 g/mol. The van der Waals surface area contributed by atoms with E-state index in [1.54, 1.807) is 24.0 Å². The standard InChI is InChI=1S/C25H34BrN3O4S/c1-18(2)27-25(31)20(4)28(17-21-8-6-9-22(26)16-21)24(30)10-7-15-29(34(5,32)33)23-13-11-19(3)12-14-23/h6,8-9,11-14,16,18,20H,7,10,15,17H2,1-5H3,(H,27,31)/t20-/m1/s1. The summed E-state index contributed by atoms with van der Waals surface area (Å²) in [6.07, 6.45) is 1.60. The lowest BCUT2D eigenvalue weighted by Crippen LogP contribution is -2.49. The molecule has 0 radical (unpaired) electrons. The number of halogens is 1. The number of benzene rings is 2. The van der Waals surface area contributed by atoms with E-state index in [0.717, 1.165) is 21.9 Å². The Hall–Kier alpha value is -2.39. The normalized spacial score (nSPS) is 12.3. The lowest BCUT2D eigenvalue weighted by molar-refractivity contribution is -0.140. The molecule has 34 heavy (non-hydrogen) atoms. The first-order chi connectivity index (χ1) is 15.9. The van der Waals surface area contributed by atoms with Crippen LogP contribution in [-0.4, -0.2) is 50.0 Å². The van der Waals surface area contributed by atoms with Crippen LogP contribution in [0.15, 0.2) is 53.0 Å². The molecule has 0 aliphatic heterocycles. The maximum Gasteiger partial charge on any atom is 0.242 e. The van der Waals surface area contributed by atoms with Crippen molar-refractivity contribution < 1.29 is 18.0 Å². The van der Waals surface area contributed by atoms with Crippen molar-refractivity contribution in [3.05, 3.63) is 64.1 Å². The van der Waals surface area contributed by atoms with Gasteiger partial charge in [-0.25, -0.2) is 8.42 Å². The molecule has 0 aromatic heterocycles. The van der Waals surface area contributed by atoms with E-state index in [2.05, 4.69) is 21.2 Å². The summed E-state index contributed by atoms with van der Waals surface area (Å²) >= 11 is 3.45. The Kier molecular flexibility index (Phi) is 10.1. The number of aryl methyl sites for hydroxylation is 1. The first-order valence-electron chi connectivity index (χ1n) is 11.3. The molecule has 2 aromatic carbocycles. The van der Waals surface area contributed by atoms with Gasteiger partial charge in [0.2, 0.25) is 21.8 Å². The third-order valence-corrected chi connectivity index (χ3v) is 7.00. The lowest BCUT2D eigenvalue weighted by Gasteiger charge is -2.30. The minimum absolute atomic E-state index is 0.0457. The van der Waals surface area contributed by atoms with Crippen LogP contribution in [0.3, 0.4) is 0 Å². The smallest absolute Gasteiger partial charge is 0.242 e. The molecule has 1 atom stereocenters. The van der Waals surface area contributed by atoms with Gasteiger partial charge in [-0.05, 0) is 63.9 Å². The van der Waals surface area contributed by atoms with Crippen LogP contribution in [0.4, 0.5) is 5.69 Å². The first kappa shape index (κ1) is 27.9. The van der Waals surface area contributed by atoms with E-state index in [-0.39, 0.29) is 37.4 Å². The maximum absolute atomic E-state index is 13.2. The molecule has 0 spiro atoms. The fourth-order valence-corrected chi connectivity index (χ4v) is 4.95. The molecule has 9 heteroatoms. The van der Waals surface area contributed by atoms with E-state index >= 15 is 0 Å². The zero-order chi connectivity index (χ0) is 25.5. The van der Waals surface area contributed by atoms with Gasteiger partial charge in [0.1, 0.15) is 6.04 Å². The molecule has 1 N–H and O–H groups in total. The third kappa shape index (κ3) is 8.43. The molecule has 0 heterocycles. The van der Waals surface area contributed by atoms with E-state index in [0.29, 0.717) is 12.1 Å². The van der Waals surface area contributed by atoms with Gasteiger partial charge in [0.25, 0.3) is 0 Å². The molecule has 0 fully saturated rings. The van der Waals surface area contributed by atoms with Crippen molar-refractivity contribution in [2.75, 3.05) is 17.1 Å². The molecule has 0 aliphatic rings. The van der Waals surface area contributed by atoms with E-state index < -0.39 is 16.1 Å². The number of hydrogen-bond donors (Lipinski definition) is 1. The largest absolute Gasteiger partial charge is 0.352 e. The van der Waals surface area contributed by atoms with Crippen LogP contribution in [0.2, 0.25) is 0 Å². The van der Waals surface area contributed by atoms with Crippen molar-refractivity contribution in [3.8, 4) is 0 Å². The van der Waals surface area contributed by atoms with Crippen LogP contribution in [0.25, 0.3) is 0 Å². The van der Waals surface area contributed by atoms with Crippen LogP contribution >= 0.6 is 15.9 Å². The zero-order valence-electron chi connectivity index (χ0n) is 20.4. The molecule has 0 saturated carbocycles. The molecule has 0 saturated heterocycles. The van der Waals surface area contributed by atoms with Gasteiger partial charge in [0, 0.05) is 30.0 Å². The second kappa shape index (κ2) is 12.4. The Labute approximate surface area is 211 Å². The second-order valence-corrected chi connectivity index (χ2v) is 11.6. The highest BCUT2D eigenvalue weighted by molar-refractivity contribution is 9.10. The highest BCUT2D eigenvalue weighted by atomic mass is 79.9. The average Bonchev–Trinajstić information content (AvgIpc) is 2.74. The molecule has 2 amide bonds. The van der Waals surface area contributed by atoms with Gasteiger partial charge in [-0.15, -0.1) is 0 Å². The van der Waals surface area contributed by atoms with Crippen molar-refractivity contribution >= 4 is 43.5 Å². The Bertz CT molecular complexity index is 1090. The molecule has 2 rings (SSSR count). The van der Waals surface area contributed by atoms with Crippen LogP contribution < -0.4 is 9.62 Å². The van der Waals surface area contributed by atoms with E-state index in [9.17, 15) is 18.0 Å². The minimum atomic E-state index is -3.51. The summed E-state index contributed by atoms with van der Waals surface area (Å²) < 4.78 is 26.9. The minimum Gasteiger partial charge on any atom is -0.352 e. The number of hydrogen-bond acceptors (Lipinski definition) is 4. The molecular weight excluding hydrogens is 518 g/mol. The van der Waals surface area contributed by atoms with E-state index in [1.807, 2.05) is 57.2 Å². The Morgan fingerprint density at radius 3 is 2.26 bits per heavy atom. The highest BCUT2D eigenvalue weighted by Gasteiger charge is 2.27. The van der Waals surface area contributed by atoms with Crippen molar-refractivity contribution in [2.24, 2.45) is 0 Å². The lowest BCUT2D eigenvalue weighted by atomic mass is 10.1. The summed E-state index contributed by atoms with van der Waals surface area (Å²) in [5.41, 5.74) is 2.49. The molecule has 7 nitrogen and oxygen atoms in total. The van der Waals surface area contributed by atoms with Crippen molar-refractivity contribution in [1.82, 2.24) is 10.2 Å². The number of amides is 2. The molecule has 0 bridgehead atoms. The Balaban J connectivity index is 2.16. The predicted octanol–water partition coefficient (Wildman–Crippen LogP) is 4.25. The van der Waals surface area contributed by atoms with Crippen LogP contribution in [-0.2, 0) is 26.2 Å². The van der Waals surface area contributed by atoms with Crippen LogP contribution in [0.1, 0.15) is 44.7 Å². The number of rotatable bonds is 11.